The van der Waals surface area contributed by atoms with Crippen molar-refractivity contribution in [2.45, 2.75) is 39.7 Å². The van der Waals surface area contributed by atoms with Crippen LogP contribution < -0.4 is 4.90 Å². The van der Waals surface area contributed by atoms with Gasteiger partial charge in [-0.1, -0.05) is 30.4 Å². The molecule has 1 aromatic heterocycles. The molecule has 0 atom stereocenters. The van der Waals surface area contributed by atoms with Crippen molar-refractivity contribution in [2.24, 2.45) is 0 Å². The van der Waals surface area contributed by atoms with Crippen molar-refractivity contribution in [2.75, 3.05) is 37.6 Å². The van der Waals surface area contributed by atoms with E-state index in [9.17, 15) is 10.2 Å². The maximum Gasteiger partial charge on any atom is 0.197 e. The van der Waals surface area contributed by atoms with Crippen LogP contribution in [0.1, 0.15) is 28.7 Å². The zero-order valence-corrected chi connectivity index (χ0v) is 17.0. The van der Waals surface area contributed by atoms with Crippen LogP contribution in [0, 0.1) is 13.8 Å². The molecule has 0 amide bonds. The average molecular weight is 382 g/mol. The number of nitrogens with zero attached hydrogens (tertiary/aromatic N) is 3. The summed E-state index contributed by atoms with van der Waals surface area (Å²) in [5.74, 6) is 0.494. The Hall–Kier alpha value is -2.40. The van der Waals surface area contributed by atoms with E-state index in [1.807, 2.05) is 0 Å². The van der Waals surface area contributed by atoms with E-state index in [1.165, 1.54) is 16.8 Å². The molecule has 2 aliphatic rings. The molecule has 1 aromatic carbocycles. The third-order valence-corrected chi connectivity index (χ3v) is 6.21. The fourth-order valence-electron chi connectivity index (χ4n) is 4.69. The Morgan fingerprint density at radius 3 is 1.96 bits per heavy atom. The molecule has 1 aliphatic heterocycles. The van der Waals surface area contributed by atoms with Gasteiger partial charge < -0.3 is 15.1 Å². The molecule has 1 aliphatic carbocycles. The highest BCUT2D eigenvalue weighted by molar-refractivity contribution is 5.59. The van der Waals surface area contributed by atoms with E-state index in [0.29, 0.717) is 19.4 Å². The zero-order chi connectivity index (χ0) is 19.7. The molecule has 2 aromatic rings. The Labute approximate surface area is 167 Å². The number of aromatic nitrogens is 1. The van der Waals surface area contributed by atoms with Gasteiger partial charge in [-0.05, 0) is 50.8 Å². The molecule has 1 saturated heterocycles. The summed E-state index contributed by atoms with van der Waals surface area (Å²) in [5, 5.41) is 20.9. The first kappa shape index (κ1) is 18.9. The lowest BCUT2D eigenvalue weighted by Gasteiger charge is -2.37. The van der Waals surface area contributed by atoms with Crippen LogP contribution in [-0.2, 0) is 19.4 Å². The summed E-state index contributed by atoms with van der Waals surface area (Å²) < 4.78 is 1.69. The highest BCUT2D eigenvalue weighted by Gasteiger charge is 2.23. The van der Waals surface area contributed by atoms with E-state index in [1.54, 1.807) is 4.57 Å². The van der Waals surface area contributed by atoms with Crippen LogP contribution in [0.5, 0.6) is 11.8 Å². The van der Waals surface area contributed by atoms with Gasteiger partial charge in [0.05, 0.1) is 0 Å². The van der Waals surface area contributed by atoms with E-state index in [2.05, 4.69) is 54.0 Å². The quantitative estimate of drug-likeness (QED) is 0.780. The number of allylic oxidation sites excluding steroid dienone is 2. The molecule has 2 N–H and O–H groups in total. The number of hydrogen-bond acceptors (Lipinski definition) is 4. The van der Waals surface area contributed by atoms with E-state index in [-0.39, 0.29) is 11.8 Å². The molecule has 28 heavy (non-hydrogen) atoms. The van der Waals surface area contributed by atoms with Gasteiger partial charge in [0.25, 0.3) is 0 Å². The lowest BCUT2D eigenvalue weighted by Crippen LogP contribution is -2.47. The molecule has 5 nitrogen and oxygen atoms in total. The van der Waals surface area contributed by atoms with E-state index >= 15 is 0 Å². The standard InChI is InChI=1S/C23H31N3O2/c1-17-7-5-8-18(2)21(17)25-15-13-24(14-16-25)11-6-12-26-22(27)19-9-3-4-10-20(19)23(26)28/h3-5,7-8,27-28H,6,9-16H2,1-2H3. The van der Waals surface area contributed by atoms with Crippen molar-refractivity contribution < 1.29 is 10.2 Å². The Balaban J connectivity index is 1.30. The summed E-state index contributed by atoms with van der Waals surface area (Å²) in [6, 6.07) is 6.52. The molecule has 0 unspecified atom stereocenters. The topological polar surface area (TPSA) is 51.9 Å². The highest BCUT2D eigenvalue weighted by atomic mass is 16.3. The van der Waals surface area contributed by atoms with Crippen molar-refractivity contribution in [3.05, 3.63) is 52.6 Å². The predicted molar refractivity (Wildman–Crippen MR) is 113 cm³/mol. The number of anilines is 1. The summed E-state index contributed by atoms with van der Waals surface area (Å²) in [6.07, 6.45) is 6.46. The molecule has 5 heteroatoms. The normalized spacial score (nSPS) is 17.1. The lowest BCUT2D eigenvalue weighted by atomic mass is 10.0. The average Bonchev–Trinajstić information content (AvgIpc) is 2.94. The summed E-state index contributed by atoms with van der Waals surface area (Å²) >= 11 is 0. The van der Waals surface area contributed by atoms with Gasteiger partial charge >= 0.3 is 0 Å². The van der Waals surface area contributed by atoms with Crippen LogP contribution in [0.2, 0.25) is 0 Å². The number of rotatable bonds is 5. The number of aromatic hydroxyl groups is 2. The minimum absolute atomic E-state index is 0.247. The van der Waals surface area contributed by atoms with Crippen molar-refractivity contribution in [1.82, 2.24) is 9.47 Å². The Morgan fingerprint density at radius 2 is 1.39 bits per heavy atom. The summed E-state index contributed by atoms with van der Waals surface area (Å²) in [4.78, 5) is 5.00. The van der Waals surface area contributed by atoms with Crippen molar-refractivity contribution in [3.63, 3.8) is 0 Å². The minimum atomic E-state index is 0.247. The van der Waals surface area contributed by atoms with Crippen molar-refractivity contribution in [3.8, 4) is 11.8 Å². The van der Waals surface area contributed by atoms with Crippen molar-refractivity contribution >= 4 is 5.69 Å². The van der Waals surface area contributed by atoms with Gasteiger partial charge in [-0.15, -0.1) is 0 Å². The Bertz CT molecular complexity index is 825. The molecule has 1 fully saturated rings. The lowest BCUT2D eigenvalue weighted by molar-refractivity contribution is 0.246. The van der Waals surface area contributed by atoms with E-state index in [0.717, 1.165) is 50.3 Å². The smallest absolute Gasteiger partial charge is 0.197 e. The first-order chi connectivity index (χ1) is 13.6. The second-order valence-corrected chi connectivity index (χ2v) is 8.06. The van der Waals surface area contributed by atoms with Gasteiger partial charge in [0.1, 0.15) is 0 Å². The fraction of sp³-hybridized carbons (Fsp3) is 0.478. The van der Waals surface area contributed by atoms with E-state index < -0.39 is 0 Å². The Morgan fingerprint density at radius 1 is 0.821 bits per heavy atom. The second kappa shape index (κ2) is 7.92. The largest absolute Gasteiger partial charge is 0.494 e. The van der Waals surface area contributed by atoms with Gasteiger partial charge in [0.15, 0.2) is 11.8 Å². The molecule has 2 heterocycles. The maximum atomic E-state index is 10.5. The summed E-state index contributed by atoms with van der Waals surface area (Å²) in [5.41, 5.74) is 5.88. The third kappa shape index (κ3) is 3.51. The van der Waals surface area contributed by atoms with Crippen LogP contribution in [0.25, 0.3) is 0 Å². The number of aryl methyl sites for hydroxylation is 2. The first-order valence-electron chi connectivity index (χ1n) is 10.4. The van der Waals surface area contributed by atoms with Gasteiger partial charge in [0, 0.05) is 49.5 Å². The van der Waals surface area contributed by atoms with Gasteiger partial charge in [0.2, 0.25) is 0 Å². The number of piperazine rings is 1. The molecular formula is C23H31N3O2. The number of hydrogen-bond donors (Lipinski definition) is 2. The van der Waals surface area contributed by atoms with Crippen LogP contribution in [0.15, 0.2) is 30.4 Å². The first-order valence-corrected chi connectivity index (χ1v) is 10.4. The SMILES string of the molecule is Cc1cccc(C)c1N1CCN(CCCn2c(O)c3c(c2O)CC=CC3)CC1. The third-order valence-electron chi connectivity index (χ3n) is 6.21. The van der Waals surface area contributed by atoms with Crippen LogP contribution in [0.4, 0.5) is 5.69 Å². The Kier molecular flexibility index (Phi) is 5.36. The maximum absolute atomic E-state index is 10.5. The number of benzene rings is 1. The second-order valence-electron chi connectivity index (χ2n) is 8.06. The fourth-order valence-corrected chi connectivity index (χ4v) is 4.69. The number of para-hydroxylation sites is 1. The zero-order valence-electron chi connectivity index (χ0n) is 17.0. The molecular weight excluding hydrogens is 350 g/mol. The monoisotopic (exact) mass is 381 g/mol. The van der Waals surface area contributed by atoms with E-state index in [4.69, 9.17) is 0 Å². The summed E-state index contributed by atoms with van der Waals surface area (Å²) in [6.45, 7) is 10.2. The molecule has 0 bridgehead atoms. The van der Waals surface area contributed by atoms with Gasteiger partial charge in [-0.2, -0.15) is 0 Å². The number of fused-ring (bicyclic) bond motifs is 1. The van der Waals surface area contributed by atoms with Gasteiger partial charge in [-0.3, -0.25) is 9.47 Å². The molecule has 150 valence electrons. The minimum Gasteiger partial charge on any atom is -0.494 e. The molecule has 0 radical (unpaired) electrons. The predicted octanol–water partition coefficient (Wildman–Crippen LogP) is 3.38. The van der Waals surface area contributed by atoms with Crippen LogP contribution in [0.3, 0.4) is 0 Å². The molecule has 0 saturated carbocycles. The van der Waals surface area contributed by atoms with Crippen LogP contribution in [-0.4, -0.2) is 52.4 Å². The molecule has 0 spiro atoms. The van der Waals surface area contributed by atoms with Crippen molar-refractivity contribution in [1.29, 1.82) is 0 Å². The highest BCUT2D eigenvalue weighted by Crippen LogP contribution is 2.37. The molecule has 4 rings (SSSR count). The van der Waals surface area contributed by atoms with Crippen LogP contribution >= 0.6 is 0 Å². The van der Waals surface area contributed by atoms with Gasteiger partial charge in [-0.25, -0.2) is 0 Å². The summed E-state index contributed by atoms with van der Waals surface area (Å²) in [7, 11) is 0.